The Morgan fingerprint density at radius 3 is 2.59 bits per heavy atom. The second-order valence-corrected chi connectivity index (χ2v) is 10.4. The van der Waals surface area contributed by atoms with E-state index in [1.807, 2.05) is 50.2 Å². The molecule has 3 aromatic carbocycles. The van der Waals surface area contributed by atoms with E-state index >= 15 is 0 Å². The number of ether oxygens (including phenoxy) is 1. The Balaban J connectivity index is 1.59. The van der Waals surface area contributed by atoms with Crippen molar-refractivity contribution in [3.63, 3.8) is 0 Å². The average Bonchev–Trinajstić information content (AvgIpc) is 2.94. The van der Waals surface area contributed by atoms with Crippen molar-refractivity contribution in [1.82, 2.24) is 9.88 Å². The van der Waals surface area contributed by atoms with Gasteiger partial charge in [0.2, 0.25) is 5.91 Å². The van der Waals surface area contributed by atoms with E-state index in [0.29, 0.717) is 27.9 Å². The summed E-state index contributed by atoms with van der Waals surface area (Å²) in [5.41, 5.74) is 4.02. The van der Waals surface area contributed by atoms with E-state index < -0.39 is 19.3 Å². The standard InChI is InChI=1S/C30H31BN4O6/c1-17-12-20-5-8-24(17)18(2)16-41-30(38)34-22-7-9-26(31(39)40)21(13-22)15-35(3)29(37)27(20)33-23-6-4-19-10-11-32-28(36)25(19)14-23/h4-14,18,27,33,39-40H,15-16H2,1-3H3,(H,32,36)(H,34,38)/t18-,27+/m0/s1. The molecule has 210 valence electrons. The van der Waals surface area contributed by atoms with Crippen molar-refractivity contribution in [3.8, 4) is 0 Å². The van der Waals surface area contributed by atoms with Crippen LogP contribution in [-0.4, -0.2) is 52.7 Å². The predicted octanol–water partition coefficient (Wildman–Crippen LogP) is 2.99. The molecule has 4 aromatic rings. The average molecular weight is 554 g/mol. The van der Waals surface area contributed by atoms with Gasteiger partial charge in [0.1, 0.15) is 6.04 Å². The van der Waals surface area contributed by atoms with Crippen molar-refractivity contribution in [3.05, 3.63) is 99.5 Å². The number of rotatable bonds is 3. The van der Waals surface area contributed by atoms with Crippen LogP contribution < -0.4 is 21.7 Å². The molecular formula is C30H31BN4O6. The van der Waals surface area contributed by atoms with Crippen LogP contribution in [0.4, 0.5) is 16.2 Å². The van der Waals surface area contributed by atoms with Gasteiger partial charge in [0, 0.05) is 42.5 Å². The van der Waals surface area contributed by atoms with Gasteiger partial charge in [0.05, 0.1) is 6.61 Å². The number of H-pyrrole nitrogens is 1. The zero-order chi connectivity index (χ0) is 29.3. The molecular weight excluding hydrogens is 523 g/mol. The summed E-state index contributed by atoms with van der Waals surface area (Å²) in [4.78, 5) is 43.1. The summed E-state index contributed by atoms with van der Waals surface area (Å²) >= 11 is 0. The summed E-state index contributed by atoms with van der Waals surface area (Å²) in [7, 11) is -0.156. The van der Waals surface area contributed by atoms with Crippen LogP contribution in [0, 0.1) is 6.92 Å². The lowest BCUT2D eigenvalue weighted by Gasteiger charge is -2.28. The molecule has 0 aliphatic carbocycles. The third-order valence-electron chi connectivity index (χ3n) is 7.41. The lowest BCUT2D eigenvalue weighted by molar-refractivity contribution is -0.131. The van der Waals surface area contributed by atoms with Crippen LogP contribution in [0.25, 0.3) is 10.8 Å². The first-order valence-electron chi connectivity index (χ1n) is 13.3. The summed E-state index contributed by atoms with van der Waals surface area (Å²) in [6.07, 6.45) is 0.955. The smallest absolute Gasteiger partial charge is 0.449 e. The Labute approximate surface area is 237 Å². The van der Waals surface area contributed by atoms with Crippen molar-refractivity contribution in [2.75, 3.05) is 24.3 Å². The van der Waals surface area contributed by atoms with Crippen molar-refractivity contribution >= 4 is 46.7 Å². The predicted molar refractivity (Wildman–Crippen MR) is 158 cm³/mol. The number of carbonyl (C=O) groups excluding carboxylic acids is 2. The maximum atomic E-state index is 14.0. The Hall–Kier alpha value is -4.61. The highest BCUT2D eigenvalue weighted by Gasteiger charge is 2.27. The molecule has 0 unspecified atom stereocenters. The highest BCUT2D eigenvalue weighted by atomic mass is 16.5. The first kappa shape index (κ1) is 27.9. The van der Waals surface area contributed by atoms with Crippen LogP contribution in [-0.2, 0) is 16.1 Å². The van der Waals surface area contributed by atoms with Crippen LogP contribution in [0.2, 0.25) is 0 Å². The molecule has 2 aliphatic rings. The molecule has 0 fully saturated rings. The zero-order valence-corrected chi connectivity index (χ0v) is 23.0. The van der Waals surface area contributed by atoms with Gasteiger partial charge in [-0.3, -0.25) is 14.9 Å². The summed E-state index contributed by atoms with van der Waals surface area (Å²) in [5.74, 6) is -0.391. The molecule has 0 spiro atoms. The first-order valence-corrected chi connectivity index (χ1v) is 13.3. The van der Waals surface area contributed by atoms with Gasteiger partial charge in [0.15, 0.2) is 0 Å². The van der Waals surface area contributed by atoms with Gasteiger partial charge >= 0.3 is 13.2 Å². The molecule has 2 atom stereocenters. The summed E-state index contributed by atoms with van der Waals surface area (Å²) in [6.45, 7) is 4.07. The van der Waals surface area contributed by atoms with Crippen LogP contribution in [0.15, 0.2) is 71.7 Å². The monoisotopic (exact) mass is 554 g/mol. The minimum absolute atomic E-state index is 0.0278. The molecule has 4 bridgehead atoms. The van der Waals surface area contributed by atoms with E-state index in [-0.39, 0.29) is 36.0 Å². The number of nitrogens with one attached hydrogen (secondary N) is 3. The van der Waals surface area contributed by atoms with Gasteiger partial charge in [-0.25, -0.2) is 4.79 Å². The fourth-order valence-electron chi connectivity index (χ4n) is 5.23. The number of nitrogens with zero attached hydrogens (tertiary/aromatic N) is 1. The van der Waals surface area contributed by atoms with Crippen LogP contribution in [0.1, 0.15) is 41.1 Å². The number of carbonyl (C=O) groups is 2. The fraction of sp³-hybridized carbons (Fsp3) is 0.233. The Morgan fingerprint density at radius 1 is 1.02 bits per heavy atom. The molecule has 0 saturated carbocycles. The van der Waals surface area contributed by atoms with E-state index in [9.17, 15) is 24.4 Å². The number of hydrogen-bond donors (Lipinski definition) is 5. The largest absolute Gasteiger partial charge is 0.488 e. The molecule has 2 aliphatic heterocycles. The molecule has 0 radical (unpaired) electrons. The van der Waals surface area contributed by atoms with E-state index in [0.717, 1.165) is 16.5 Å². The molecule has 41 heavy (non-hydrogen) atoms. The minimum atomic E-state index is -1.78. The van der Waals surface area contributed by atoms with Crippen molar-refractivity contribution in [1.29, 1.82) is 0 Å². The molecule has 1 aromatic heterocycles. The van der Waals surface area contributed by atoms with E-state index in [1.54, 1.807) is 31.4 Å². The molecule has 0 saturated heterocycles. The third-order valence-corrected chi connectivity index (χ3v) is 7.41. The first-order chi connectivity index (χ1) is 19.6. The highest BCUT2D eigenvalue weighted by Crippen LogP contribution is 2.29. The van der Waals surface area contributed by atoms with E-state index in [4.69, 9.17) is 4.74 Å². The summed E-state index contributed by atoms with van der Waals surface area (Å²) in [5, 5.41) is 27.2. The SMILES string of the molecule is Cc1cc2ccc1[C@@H](C)COC(=O)Nc1ccc(B(O)O)c(c1)CN(C)C(=O)[C@@H]2Nc1ccc2cc[nH]c(=O)c2c1. The highest BCUT2D eigenvalue weighted by molar-refractivity contribution is 6.59. The number of benzene rings is 3. The number of likely N-dealkylation sites (N-methyl/N-ethyl adjacent to an activating group) is 1. The third kappa shape index (κ3) is 5.96. The quantitative estimate of drug-likeness (QED) is 0.245. The Bertz CT molecular complexity index is 1690. The fourth-order valence-corrected chi connectivity index (χ4v) is 5.23. The van der Waals surface area contributed by atoms with Crippen molar-refractivity contribution in [2.45, 2.75) is 32.4 Å². The molecule has 5 N–H and O–H groups in total. The molecule has 2 amide bonds. The number of pyridine rings is 1. The summed E-state index contributed by atoms with van der Waals surface area (Å²) in [6, 6.07) is 16.7. The van der Waals surface area contributed by atoms with Gasteiger partial charge < -0.3 is 30.0 Å². The molecule has 10 nitrogen and oxygen atoms in total. The number of aromatic amines is 1. The molecule has 3 heterocycles. The molecule has 11 heteroatoms. The Kier molecular flexibility index (Phi) is 7.82. The Morgan fingerprint density at radius 2 is 1.83 bits per heavy atom. The van der Waals surface area contributed by atoms with Gasteiger partial charge in [-0.05, 0) is 70.4 Å². The van der Waals surface area contributed by atoms with Gasteiger partial charge in [-0.1, -0.05) is 37.3 Å². The number of fused-ring (bicyclic) bond motifs is 10. The van der Waals surface area contributed by atoms with Crippen molar-refractivity contribution in [2.24, 2.45) is 0 Å². The number of amides is 2. The maximum Gasteiger partial charge on any atom is 0.488 e. The normalized spacial score (nSPS) is 17.7. The van der Waals surface area contributed by atoms with E-state index in [1.165, 1.54) is 11.0 Å². The number of hydrogen-bond acceptors (Lipinski definition) is 7. The van der Waals surface area contributed by atoms with Crippen LogP contribution >= 0.6 is 0 Å². The van der Waals surface area contributed by atoms with Gasteiger partial charge in [-0.2, -0.15) is 0 Å². The van der Waals surface area contributed by atoms with Gasteiger partial charge in [0.25, 0.3) is 5.56 Å². The van der Waals surface area contributed by atoms with E-state index in [2.05, 4.69) is 15.6 Å². The number of anilines is 2. The molecule has 6 rings (SSSR count). The number of aryl methyl sites for hydroxylation is 1. The zero-order valence-electron chi connectivity index (χ0n) is 23.0. The van der Waals surface area contributed by atoms with Crippen LogP contribution in [0.5, 0.6) is 0 Å². The summed E-state index contributed by atoms with van der Waals surface area (Å²) < 4.78 is 5.47. The maximum absolute atomic E-state index is 14.0. The van der Waals surface area contributed by atoms with Crippen molar-refractivity contribution < 1.29 is 24.4 Å². The number of aromatic nitrogens is 1. The van der Waals surface area contributed by atoms with Crippen LogP contribution in [0.3, 0.4) is 0 Å². The second kappa shape index (κ2) is 11.5. The second-order valence-electron chi connectivity index (χ2n) is 10.4. The lowest BCUT2D eigenvalue weighted by Crippen LogP contribution is -2.39. The van der Waals surface area contributed by atoms with Gasteiger partial charge in [-0.15, -0.1) is 0 Å². The lowest BCUT2D eigenvalue weighted by atomic mass is 9.76. The minimum Gasteiger partial charge on any atom is -0.449 e. The topological polar surface area (TPSA) is 144 Å².